The van der Waals surface area contributed by atoms with E-state index < -0.39 is 18.2 Å². The van der Waals surface area contributed by atoms with Crippen LogP contribution in [0.25, 0.3) is 0 Å². The Hall–Kier alpha value is -2.83. The van der Waals surface area contributed by atoms with Crippen LogP contribution in [0.3, 0.4) is 0 Å². The molecule has 1 aromatic rings. The highest BCUT2D eigenvalue weighted by molar-refractivity contribution is 5.87. The van der Waals surface area contributed by atoms with E-state index in [0.29, 0.717) is 51.7 Å². The summed E-state index contributed by atoms with van der Waals surface area (Å²) in [5, 5.41) is 19.0. The summed E-state index contributed by atoms with van der Waals surface area (Å²) in [6.45, 7) is 5.05. The molecule has 0 unspecified atom stereocenters. The molecule has 0 aliphatic carbocycles. The molecule has 9 heteroatoms. The SMILES string of the molecule is CCOCCOCCOc1ccc2c(c1)CN(C(=O)O)[C@@H](C(=O)N1CCC[C@H]1C#N)C2. The van der Waals surface area contributed by atoms with Crippen molar-refractivity contribution >= 4 is 12.0 Å². The molecule has 0 saturated carbocycles. The number of benzene rings is 1. The third-order valence-electron chi connectivity index (χ3n) is 5.60. The lowest BCUT2D eigenvalue weighted by atomic mass is 9.93. The van der Waals surface area contributed by atoms with Crippen molar-refractivity contribution in [1.82, 2.24) is 9.80 Å². The second-order valence-electron chi connectivity index (χ2n) is 7.54. The van der Waals surface area contributed by atoms with E-state index in [1.165, 1.54) is 4.90 Å². The molecule has 168 valence electrons. The predicted octanol–water partition coefficient (Wildman–Crippen LogP) is 2.04. The number of carboxylic acid groups (broad SMARTS) is 1. The minimum absolute atomic E-state index is 0.105. The van der Waals surface area contributed by atoms with Gasteiger partial charge in [0.25, 0.3) is 0 Å². The summed E-state index contributed by atoms with van der Waals surface area (Å²) in [6.07, 6.45) is 0.534. The number of nitrogens with zero attached hydrogens (tertiary/aromatic N) is 3. The fraction of sp³-hybridized carbons (Fsp3) is 0.591. The van der Waals surface area contributed by atoms with Crippen molar-refractivity contribution in [3.05, 3.63) is 29.3 Å². The Labute approximate surface area is 182 Å². The largest absolute Gasteiger partial charge is 0.491 e. The van der Waals surface area contributed by atoms with Crippen molar-refractivity contribution in [1.29, 1.82) is 5.26 Å². The molecule has 3 rings (SSSR count). The van der Waals surface area contributed by atoms with Crippen LogP contribution in [0.15, 0.2) is 18.2 Å². The number of rotatable bonds is 9. The quantitative estimate of drug-likeness (QED) is 0.595. The summed E-state index contributed by atoms with van der Waals surface area (Å²) in [4.78, 5) is 27.6. The van der Waals surface area contributed by atoms with Crippen LogP contribution in [0.5, 0.6) is 5.75 Å². The molecule has 1 aromatic carbocycles. The third kappa shape index (κ3) is 5.66. The van der Waals surface area contributed by atoms with E-state index in [2.05, 4.69) is 6.07 Å². The van der Waals surface area contributed by atoms with Gasteiger partial charge >= 0.3 is 6.09 Å². The number of hydrogen-bond acceptors (Lipinski definition) is 6. The Bertz CT molecular complexity index is 824. The maximum atomic E-state index is 13.1. The summed E-state index contributed by atoms with van der Waals surface area (Å²) in [5.41, 5.74) is 1.74. The summed E-state index contributed by atoms with van der Waals surface area (Å²) in [7, 11) is 0. The first-order chi connectivity index (χ1) is 15.0. The molecule has 1 saturated heterocycles. The average Bonchev–Trinajstić information content (AvgIpc) is 3.26. The lowest BCUT2D eigenvalue weighted by Crippen LogP contribution is -2.54. The first kappa shape index (κ1) is 22.8. The van der Waals surface area contributed by atoms with Gasteiger partial charge in [0.2, 0.25) is 5.91 Å². The van der Waals surface area contributed by atoms with Crippen molar-refractivity contribution in [3.63, 3.8) is 0 Å². The van der Waals surface area contributed by atoms with Gasteiger partial charge in [-0.2, -0.15) is 5.26 Å². The molecular weight excluding hydrogens is 402 g/mol. The van der Waals surface area contributed by atoms with Gasteiger partial charge in [0.15, 0.2) is 0 Å². The molecule has 2 amide bonds. The lowest BCUT2D eigenvalue weighted by molar-refractivity contribution is -0.136. The number of carbonyl (C=O) groups is 2. The van der Waals surface area contributed by atoms with E-state index in [-0.39, 0.29) is 18.9 Å². The van der Waals surface area contributed by atoms with Crippen LogP contribution in [-0.4, -0.2) is 78.6 Å². The van der Waals surface area contributed by atoms with Gasteiger partial charge in [0.05, 0.1) is 32.4 Å². The monoisotopic (exact) mass is 431 g/mol. The van der Waals surface area contributed by atoms with Gasteiger partial charge in [-0.3, -0.25) is 9.69 Å². The topological polar surface area (TPSA) is 112 Å². The van der Waals surface area contributed by atoms with Gasteiger partial charge < -0.3 is 24.2 Å². The Kier molecular flexibility index (Phi) is 8.09. The van der Waals surface area contributed by atoms with Crippen molar-refractivity contribution in [3.8, 4) is 11.8 Å². The van der Waals surface area contributed by atoms with Gasteiger partial charge in [-0.05, 0) is 43.0 Å². The Balaban J connectivity index is 1.62. The second kappa shape index (κ2) is 11.0. The zero-order valence-electron chi connectivity index (χ0n) is 17.8. The first-order valence-electron chi connectivity index (χ1n) is 10.6. The fourth-order valence-corrected chi connectivity index (χ4v) is 4.01. The molecular formula is C22H29N3O6. The first-order valence-corrected chi connectivity index (χ1v) is 10.6. The van der Waals surface area contributed by atoms with Crippen molar-refractivity contribution in [2.24, 2.45) is 0 Å². The minimum Gasteiger partial charge on any atom is -0.491 e. The Morgan fingerprint density at radius 3 is 2.68 bits per heavy atom. The number of amides is 2. The van der Waals surface area contributed by atoms with E-state index in [4.69, 9.17) is 14.2 Å². The molecule has 2 aliphatic heterocycles. The van der Waals surface area contributed by atoms with Crippen LogP contribution in [0.2, 0.25) is 0 Å². The predicted molar refractivity (Wildman–Crippen MR) is 111 cm³/mol. The van der Waals surface area contributed by atoms with Crippen molar-refractivity contribution < 1.29 is 28.9 Å². The molecule has 1 fully saturated rings. The van der Waals surface area contributed by atoms with E-state index in [0.717, 1.165) is 22.4 Å². The van der Waals surface area contributed by atoms with Gasteiger partial charge in [0.1, 0.15) is 24.4 Å². The molecule has 31 heavy (non-hydrogen) atoms. The zero-order chi connectivity index (χ0) is 22.2. The molecule has 1 N–H and O–H groups in total. The summed E-state index contributed by atoms with van der Waals surface area (Å²) in [6, 6.07) is 6.38. The van der Waals surface area contributed by atoms with Crippen LogP contribution in [0, 0.1) is 11.3 Å². The molecule has 0 spiro atoms. The molecule has 0 radical (unpaired) electrons. The summed E-state index contributed by atoms with van der Waals surface area (Å²) >= 11 is 0. The highest BCUT2D eigenvalue weighted by Crippen LogP contribution is 2.29. The van der Waals surface area contributed by atoms with Crippen LogP contribution in [0.4, 0.5) is 4.79 Å². The number of fused-ring (bicyclic) bond motifs is 1. The van der Waals surface area contributed by atoms with Crippen LogP contribution >= 0.6 is 0 Å². The molecule has 2 atom stereocenters. The van der Waals surface area contributed by atoms with Gasteiger partial charge in [-0.25, -0.2) is 4.79 Å². The smallest absolute Gasteiger partial charge is 0.408 e. The highest BCUT2D eigenvalue weighted by Gasteiger charge is 2.40. The maximum absolute atomic E-state index is 13.1. The van der Waals surface area contributed by atoms with E-state index >= 15 is 0 Å². The Morgan fingerprint density at radius 1 is 1.16 bits per heavy atom. The van der Waals surface area contributed by atoms with Crippen molar-refractivity contribution in [2.75, 3.05) is 39.6 Å². The molecule has 0 aromatic heterocycles. The van der Waals surface area contributed by atoms with E-state index in [9.17, 15) is 20.0 Å². The van der Waals surface area contributed by atoms with Crippen LogP contribution < -0.4 is 4.74 Å². The maximum Gasteiger partial charge on any atom is 0.408 e. The van der Waals surface area contributed by atoms with Crippen molar-refractivity contribution in [2.45, 2.75) is 44.8 Å². The minimum atomic E-state index is -1.15. The Morgan fingerprint density at radius 2 is 1.94 bits per heavy atom. The van der Waals surface area contributed by atoms with E-state index in [1.54, 1.807) is 0 Å². The second-order valence-corrected chi connectivity index (χ2v) is 7.54. The number of hydrogen-bond donors (Lipinski definition) is 1. The lowest BCUT2D eigenvalue weighted by Gasteiger charge is -2.36. The van der Waals surface area contributed by atoms with Crippen LogP contribution in [0.1, 0.15) is 30.9 Å². The highest BCUT2D eigenvalue weighted by atomic mass is 16.5. The molecule has 9 nitrogen and oxygen atoms in total. The van der Waals surface area contributed by atoms with Gasteiger partial charge in [-0.1, -0.05) is 6.07 Å². The number of likely N-dealkylation sites (tertiary alicyclic amines) is 1. The standard InChI is InChI=1S/C22H29N3O6/c1-2-29-8-9-30-10-11-31-19-6-5-16-13-20(25(22(27)28)15-17(16)12-19)21(26)24-7-3-4-18(24)14-23/h5-6,12,18,20H,2-4,7-11,13,15H2,1H3,(H,27,28)/t18-,20+/m0/s1. The van der Waals surface area contributed by atoms with Gasteiger partial charge in [-0.15, -0.1) is 0 Å². The molecule has 2 aliphatic rings. The average molecular weight is 431 g/mol. The number of nitriles is 1. The van der Waals surface area contributed by atoms with E-state index in [1.807, 2.05) is 25.1 Å². The normalized spacial score (nSPS) is 20.3. The summed E-state index contributed by atoms with van der Waals surface area (Å²) in [5.74, 6) is 0.341. The molecule has 0 bridgehead atoms. The fourth-order valence-electron chi connectivity index (χ4n) is 4.01. The molecule has 2 heterocycles. The number of carbonyl (C=O) groups excluding carboxylic acids is 1. The van der Waals surface area contributed by atoms with Crippen LogP contribution in [-0.2, 0) is 27.2 Å². The van der Waals surface area contributed by atoms with Gasteiger partial charge in [0, 0.05) is 19.6 Å². The summed E-state index contributed by atoms with van der Waals surface area (Å²) < 4.78 is 16.3. The number of ether oxygens (including phenoxy) is 3. The zero-order valence-corrected chi connectivity index (χ0v) is 17.8. The third-order valence-corrected chi connectivity index (χ3v) is 5.60.